The first kappa shape index (κ1) is 10.5. The molecular formula is C10H19NO2. The molecule has 0 aromatic rings. The maximum atomic E-state index is 11.3. The predicted octanol–water partition coefficient (Wildman–Crippen LogP) is 1.47. The predicted molar refractivity (Wildman–Crippen MR) is 51.5 cm³/mol. The summed E-state index contributed by atoms with van der Waals surface area (Å²) < 4.78 is 5.18. The highest BCUT2D eigenvalue weighted by molar-refractivity contribution is 5.70. The molecule has 3 heteroatoms. The van der Waals surface area contributed by atoms with Gasteiger partial charge in [-0.15, -0.1) is 0 Å². The lowest BCUT2D eigenvalue weighted by molar-refractivity contribution is -0.148. The minimum Gasteiger partial charge on any atom is -0.463 e. The smallest absolute Gasteiger partial charge is 0.307 e. The second kappa shape index (κ2) is 5.22. The van der Waals surface area contributed by atoms with Crippen LogP contribution in [0.25, 0.3) is 0 Å². The topological polar surface area (TPSA) is 38.3 Å². The van der Waals surface area contributed by atoms with Crippen LogP contribution < -0.4 is 5.32 Å². The summed E-state index contributed by atoms with van der Waals surface area (Å²) in [6, 6.07) is 0.358. The lowest BCUT2D eigenvalue weighted by atomic mass is 10.1. The number of carbonyl (C=O) groups excluding carboxylic acids is 1. The van der Waals surface area contributed by atoms with Crippen LogP contribution in [0.5, 0.6) is 0 Å². The number of hydrogen-bond acceptors (Lipinski definition) is 3. The van der Waals surface area contributed by atoms with Crippen molar-refractivity contribution < 1.29 is 9.53 Å². The van der Waals surface area contributed by atoms with E-state index in [1.807, 2.05) is 13.8 Å². The fraction of sp³-hybridized carbons (Fsp3) is 0.900. The average molecular weight is 185 g/mol. The molecule has 1 saturated heterocycles. The summed E-state index contributed by atoms with van der Waals surface area (Å²) >= 11 is 0. The lowest BCUT2D eigenvalue weighted by Crippen LogP contribution is -2.26. The van der Waals surface area contributed by atoms with E-state index in [0.29, 0.717) is 12.5 Å². The summed E-state index contributed by atoms with van der Waals surface area (Å²) in [5, 5.41) is 3.28. The van der Waals surface area contributed by atoms with Crippen LogP contribution in [0, 0.1) is 0 Å². The van der Waals surface area contributed by atoms with Crippen molar-refractivity contribution in [1.29, 1.82) is 0 Å². The van der Waals surface area contributed by atoms with Crippen LogP contribution in [-0.2, 0) is 9.53 Å². The Kier molecular flexibility index (Phi) is 4.22. The van der Waals surface area contributed by atoms with E-state index in [9.17, 15) is 4.79 Å². The molecular weight excluding hydrogens is 166 g/mol. The molecule has 2 atom stereocenters. The lowest BCUT2D eigenvalue weighted by Gasteiger charge is -2.13. The van der Waals surface area contributed by atoms with Gasteiger partial charge in [-0.2, -0.15) is 0 Å². The Morgan fingerprint density at radius 3 is 3.00 bits per heavy atom. The second-order valence-electron chi connectivity index (χ2n) is 3.71. The van der Waals surface area contributed by atoms with Gasteiger partial charge in [0.2, 0.25) is 0 Å². The van der Waals surface area contributed by atoms with Crippen LogP contribution >= 0.6 is 0 Å². The Bertz CT molecular complexity index is 164. The molecule has 1 aliphatic rings. The highest BCUT2D eigenvalue weighted by atomic mass is 16.5. The van der Waals surface area contributed by atoms with Gasteiger partial charge >= 0.3 is 5.97 Å². The van der Waals surface area contributed by atoms with E-state index in [1.54, 1.807) is 0 Å². The maximum absolute atomic E-state index is 11.3. The van der Waals surface area contributed by atoms with Crippen LogP contribution in [0.2, 0.25) is 0 Å². The van der Waals surface area contributed by atoms with E-state index in [4.69, 9.17) is 4.74 Å². The summed E-state index contributed by atoms with van der Waals surface area (Å²) in [6.07, 6.45) is 3.78. The quantitative estimate of drug-likeness (QED) is 0.674. The summed E-state index contributed by atoms with van der Waals surface area (Å²) in [5.74, 6) is -0.0613. The fourth-order valence-corrected chi connectivity index (χ4v) is 1.49. The van der Waals surface area contributed by atoms with Crippen molar-refractivity contribution >= 4 is 5.97 Å². The van der Waals surface area contributed by atoms with Gasteiger partial charge in [-0.25, -0.2) is 0 Å². The van der Waals surface area contributed by atoms with E-state index in [2.05, 4.69) is 5.32 Å². The van der Waals surface area contributed by atoms with Gasteiger partial charge in [0.1, 0.15) is 0 Å². The van der Waals surface area contributed by atoms with Crippen molar-refractivity contribution in [3.05, 3.63) is 0 Å². The van der Waals surface area contributed by atoms with Gasteiger partial charge in [0.15, 0.2) is 0 Å². The van der Waals surface area contributed by atoms with Crippen LogP contribution in [0.1, 0.15) is 39.5 Å². The third-order valence-corrected chi connectivity index (χ3v) is 2.48. The van der Waals surface area contributed by atoms with Crippen molar-refractivity contribution in [3.8, 4) is 0 Å². The standard InChI is InChI=1S/C10H19NO2/c1-3-8(2)13-10(12)7-9-5-4-6-11-9/h8-9,11H,3-7H2,1-2H3. The summed E-state index contributed by atoms with van der Waals surface area (Å²) in [4.78, 5) is 11.3. The molecule has 1 N–H and O–H groups in total. The zero-order valence-corrected chi connectivity index (χ0v) is 8.51. The molecule has 1 aliphatic heterocycles. The largest absolute Gasteiger partial charge is 0.463 e. The van der Waals surface area contributed by atoms with E-state index in [1.165, 1.54) is 6.42 Å². The molecule has 1 rings (SSSR count). The molecule has 0 saturated carbocycles. The fourth-order valence-electron chi connectivity index (χ4n) is 1.49. The Morgan fingerprint density at radius 1 is 1.69 bits per heavy atom. The van der Waals surface area contributed by atoms with E-state index < -0.39 is 0 Å². The maximum Gasteiger partial charge on any atom is 0.307 e. The summed E-state index contributed by atoms with van der Waals surface area (Å²) in [7, 11) is 0. The van der Waals surface area contributed by atoms with Gasteiger partial charge in [0.25, 0.3) is 0 Å². The van der Waals surface area contributed by atoms with Crippen LogP contribution in [0.4, 0.5) is 0 Å². The zero-order valence-electron chi connectivity index (χ0n) is 8.51. The monoisotopic (exact) mass is 185 g/mol. The first-order chi connectivity index (χ1) is 6.22. The molecule has 0 aromatic heterocycles. The molecule has 0 bridgehead atoms. The van der Waals surface area contributed by atoms with Crippen molar-refractivity contribution in [1.82, 2.24) is 5.32 Å². The van der Waals surface area contributed by atoms with Crippen molar-refractivity contribution in [2.24, 2.45) is 0 Å². The zero-order chi connectivity index (χ0) is 9.68. The first-order valence-electron chi connectivity index (χ1n) is 5.15. The average Bonchev–Trinajstić information content (AvgIpc) is 2.56. The van der Waals surface area contributed by atoms with Crippen LogP contribution in [0.15, 0.2) is 0 Å². The Morgan fingerprint density at radius 2 is 2.46 bits per heavy atom. The molecule has 0 radical (unpaired) electrons. The Hall–Kier alpha value is -0.570. The third kappa shape index (κ3) is 3.77. The molecule has 0 spiro atoms. The highest BCUT2D eigenvalue weighted by Crippen LogP contribution is 2.10. The molecule has 2 unspecified atom stereocenters. The normalized spacial score (nSPS) is 24.3. The number of rotatable bonds is 4. The van der Waals surface area contributed by atoms with Crippen molar-refractivity contribution in [2.75, 3.05) is 6.54 Å². The first-order valence-corrected chi connectivity index (χ1v) is 5.15. The van der Waals surface area contributed by atoms with Crippen molar-refractivity contribution in [3.63, 3.8) is 0 Å². The van der Waals surface area contributed by atoms with Crippen LogP contribution in [-0.4, -0.2) is 24.7 Å². The minimum absolute atomic E-state index is 0.0613. The van der Waals surface area contributed by atoms with Gasteiger partial charge in [-0.05, 0) is 32.7 Å². The number of ether oxygens (including phenoxy) is 1. The van der Waals surface area contributed by atoms with Crippen LogP contribution in [0.3, 0.4) is 0 Å². The van der Waals surface area contributed by atoms with Gasteiger partial charge in [-0.1, -0.05) is 6.92 Å². The van der Waals surface area contributed by atoms with Gasteiger partial charge in [-0.3, -0.25) is 4.79 Å². The molecule has 1 fully saturated rings. The van der Waals surface area contributed by atoms with E-state index >= 15 is 0 Å². The molecule has 13 heavy (non-hydrogen) atoms. The van der Waals surface area contributed by atoms with E-state index in [-0.39, 0.29) is 12.1 Å². The SMILES string of the molecule is CCC(C)OC(=O)CC1CCCN1. The van der Waals surface area contributed by atoms with Gasteiger partial charge < -0.3 is 10.1 Å². The Balaban J connectivity index is 2.16. The highest BCUT2D eigenvalue weighted by Gasteiger charge is 2.19. The molecule has 0 aliphatic carbocycles. The van der Waals surface area contributed by atoms with Gasteiger partial charge in [0.05, 0.1) is 12.5 Å². The minimum atomic E-state index is -0.0613. The summed E-state index contributed by atoms with van der Waals surface area (Å²) in [5.41, 5.74) is 0. The third-order valence-electron chi connectivity index (χ3n) is 2.48. The van der Waals surface area contributed by atoms with E-state index in [0.717, 1.165) is 19.4 Å². The molecule has 76 valence electrons. The molecule has 0 aromatic carbocycles. The Labute approximate surface area is 79.8 Å². The number of hydrogen-bond donors (Lipinski definition) is 1. The molecule has 0 amide bonds. The molecule has 1 heterocycles. The number of esters is 1. The van der Waals surface area contributed by atoms with Crippen molar-refractivity contribution in [2.45, 2.75) is 51.7 Å². The second-order valence-corrected chi connectivity index (χ2v) is 3.71. The van der Waals surface area contributed by atoms with Gasteiger partial charge in [0, 0.05) is 6.04 Å². The number of nitrogens with one attached hydrogen (secondary N) is 1. The summed E-state index contributed by atoms with van der Waals surface area (Å²) in [6.45, 7) is 4.99. The molecule has 3 nitrogen and oxygen atoms in total. The number of carbonyl (C=O) groups is 1.